The van der Waals surface area contributed by atoms with Crippen molar-refractivity contribution in [2.24, 2.45) is 0 Å². The second-order valence-corrected chi connectivity index (χ2v) is 4.73. The van der Waals surface area contributed by atoms with Crippen LogP contribution >= 0.6 is 0 Å². The number of nitrogens with two attached hydrogens (primary N) is 1. The monoisotopic (exact) mass is 288 g/mol. The highest BCUT2D eigenvalue weighted by molar-refractivity contribution is 5.99. The van der Waals surface area contributed by atoms with Crippen molar-refractivity contribution in [1.82, 2.24) is 4.90 Å². The smallest absolute Gasteiger partial charge is 0.398 e. The first-order chi connectivity index (χ1) is 9.29. The zero-order valence-corrected chi connectivity index (χ0v) is 10.9. The van der Waals surface area contributed by atoms with Crippen LogP contribution in [-0.2, 0) is 10.9 Å². The Morgan fingerprint density at radius 1 is 1.45 bits per heavy atom. The number of carbonyl (C=O) groups is 1. The summed E-state index contributed by atoms with van der Waals surface area (Å²) in [5, 5.41) is 0. The zero-order chi connectivity index (χ0) is 14.9. The normalized spacial score (nSPS) is 20.0. The number of amides is 1. The third-order valence-corrected chi connectivity index (χ3v) is 3.14. The Bertz CT molecular complexity index is 517. The molecule has 1 aromatic carbocycles. The van der Waals surface area contributed by atoms with Crippen LogP contribution in [0.15, 0.2) is 18.2 Å². The maximum absolute atomic E-state index is 12.7. The van der Waals surface area contributed by atoms with Gasteiger partial charge in [-0.1, -0.05) is 0 Å². The van der Waals surface area contributed by atoms with Crippen molar-refractivity contribution >= 4 is 11.6 Å². The number of hydrogen-bond acceptors (Lipinski definition) is 3. The highest BCUT2D eigenvalue weighted by atomic mass is 19.4. The van der Waals surface area contributed by atoms with Gasteiger partial charge in [-0.25, -0.2) is 0 Å². The Morgan fingerprint density at radius 2 is 2.15 bits per heavy atom. The van der Waals surface area contributed by atoms with Gasteiger partial charge >= 0.3 is 6.18 Å². The highest BCUT2D eigenvalue weighted by Gasteiger charge is 2.32. The van der Waals surface area contributed by atoms with E-state index in [9.17, 15) is 18.0 Å². The Morgan fingerprint density at radius 3 is 2.75 bits per heavy atom. The summed E-state index contributed by atoms with van der Waals surface area (Å²) in [5.41, 5.74) is 4.68. The summed E-state index contributed by atoms with van der Waals surface area (Å²) in [6.07, 6.45) is -4.64. The maximum Gasteiger partial charge on any atom is 0.416 e. The predicted molar refractivity (Wildman–Crippen MR) is 67.2 cm³/mol. The summed E-state index contributed by atoms with van der Waals surface area (Å²) in [5.74, 6) is -0.497. The van der Waals surface area contributed by atoms with Crippen molar-refractivity contribution in [3.05, 3.63) is 29.3 Å². The van der Waals surface area contributed by atoms with E-state index in [1.165, 1.54) is 4.90 Å². The third-order valence-electron chi connectivity index (χ3n) is 3.14. The van der Waals surface area contributed by atoms with E-state index < -0.39 is 17.6 Å². The molecule has 1 aliphatic rings. The fourth-order valence-corrected chi connectivity index (χ4v) is 2.09. The number of carbonyl (C=O) groups excluding carboxylic acids is 1. The van der Waals surface area contributed by atoms with Gasteiger partial charge in [-0.2, -0.15) is 13.2 Å². The fraction of sp³-hybridized carbons (Fsp3) is 0.462. The average Bonchev–Trinajstić information content (AvgIpc) is 2.37. The van der Waals surface area contributed by atoms with Gasteiger partial charge in [0.1, 0.15) is 0 Å². The second kappa shape index (κ2) is 5.32. The molecule has 0 saturated carbocycles. The van der Waals surface area contributed by atoms with E-state index in [0.717, 1.165) is 18.2 Å². The van der Waals surface area contributed by atoms with Crippen molar-refractivity contribution in [3.8, 4) is 0 Å². The molecular weight excluding hydrogens is 273 g/mol. The van der Waals surface area contributed by atoms with Crippen LogP contribution in [-0.4, -0.2) is 36.6 Å². The predicted octanol–water partition coefficient (Wildman–Crippen LogP) is 2.15. The van der Waals surface area contributed by atoms with Gasteiger partial charge in [-0.15, -0.1) is 0 Å². The third kappa shape index (κ3) is 3.04. The van der Waals surface area contributed by atoms with Crippen LogP contribution in [0.25, 0.3) is 0 Å². The lowest BCUT2D eigenvalue weighted by atomic mass is 10.1. The van der Waals surface area contributed by atoms with Gasteiger partial charge in [-0.3, -0.25) is 4.79 Å². The van der Waals surface area contributed by atoms with Gasteiger partial charge in [0.15, 0.2) is 0 Å². The molecule has 0 spiro atoms. The molecule has 1 atom stereocenters. The number of alkyl halides is 3. The van der Waals surface area contributed by atoms with E-state index in [1.807, 2.05) is 0 Å². The van der Waals surface area contributed by atoms with Crippen molar-refractivity contribution in [2.45, 2.75) is 19.2 Å². The zero-order valence-electron chi connectivity index (χ0n) is 10.9. The molecule has 1 unspecified atom stereocenters. The summed E-state index contributed by atoms with van der Waals surface area (Å²) in [6, 6.07) is 2.78. The Kier molecular flexibility index (Phi) is 3.89. The molecule has 4 nitrogen and oxygen atoms in total. The van der Waals surface area contributed by atoms with Crippen LogP contribution in [0.4, 0.5) is 18.9 Å². The Labute approximate surface area is 114 Å². The number of rotatable bonds is 1. The molecule has 20 heavy (non-hydrogen) atoms. The van der Waals surface area contributed by atoms with Crippen LogP contribution in [0, 0.1) is 0 Å². The summed E-state index contributed by atoms with van der Waals surface area (Å²) >= 11 is 0. The first kappa shape index (κ1) is 14.6. The number of ether oxygens (including phenoxy) is 1. The molecule has 2 N–H and O–H groups in total. The fourth-order valence-electron chi connectivity index (χ4n) is 2.09. The summed E-state index contributed by atoms with van der Waals surface area (Å²) < 4.78 is 43.3. The van der Waals surface area contributed by atoms with E-state index in [1.54, 1.807) is 6.92 Å². The number of morpholine rings is 1. The quantitative estimate of drug-likeness (QED) is 0.806. The second-order valence-electron chi connectivity index (χ2n) is 4.73. The molecule has 1 aromatic rings. The van der Waals surface area contributed by atoms with Gasteiger partial charge in [0.05, 0.1) is 23.8 Å². The molecule has 1 fully saturated rings. The summed E-state index contributed by atoms with van der Waals surface area (Å²) in [7, 11) is 0. The first-order valence-electron chi connectivity index (χ1n) is 6.16. The molecule has 0 aliphatic carbocycles. The minimum atomic E-state index is -4.50. The average molecular weight is 288 g/mol. The van der Waals surface area contributed by atoms with Gasteiger partial charge < -0.3 is 15.4 Å². The maximum atomic E-state index is 12.7. The number of nitrogens with zero attached hydrogens (tertiary/aromatic N) is 1. The van der Waals surface area contributed by atoms with E-state index in [0.29, 0.717) is 19.7 Å². The molecule has 1 amide bonds. The molecule has 0 bridgehead atoms. The molecular formula is C13H15F3N2O2. The minimum Gasteiger partial charge on any atom is -0.398 e. The standard InChI is InChI=1S/C13H15F3N2O2/c1-8-7-18(4-5-20-8)12(19)10-6-9(13(14,15)16)2-3-11(10)17/h2-3,6,8H,4-5,7,17H2,1H3. The molecule has 7 heteroatoms. The number of halogens is 3. The number of nitrogen functional groups attached to an aromatic ring is 1. The van der Waals surface area contributed by atoms with Crippen molar-refractivity contribution in [1.29, 1.82) is 0 Å². The molecule has 0 aromatic heterocycles. The highest BCUT2D eigenvalue weighted by Crippen LogP contribution is 2.31. The topological polar surface area (TPSA) is 55.6 Å². The van der Waals surface area contributed by atoms with Crippen LogP contribution in [0.2, 0.25) is 0 Å². The summed E-state index contributed by atoms with van der Waals surface area (Å²) in [4.78, 5) is 13.7. The lowest BCUT2D eigenvalue weighted by Crippen LogP contribution is -2.44. The van der Waals surface area contributed by atoms with Gasteiger partial charge in [0.2, 0.25) is 0 Å². The van der Waals surface area contributed by atoms with Crippen molar-refractivity contribution < 1.29 is 22.7 Å². The molecule has 1 saturated heterocycles. The Balaban J connectivity index is 2.29. The number of hydrogen-bond donors (Lipinski definition) is 1. The van der Waals surface area contributed by atoms with Crippen LogP contribution in [0.5, 0.6) is 0 Å². The van der Waals surface area contributed by atoms with E-state index in [-0.39, 0.29) is 17.4 Å². The van der Waals surface area contributed by atoms with Crippen LogP contribution in [0.3, 0.4) is 0 Å². The Hall–Kier alpha value is -1.76. The lowest BCUT2D eigenvalue weighted by molar-refractivity contribution is -0.137. The largest absolute Gasteiger partial charge is 0.416 e. The molecule has 2 rings (SSSR count). The van der Waals surface area contributed by atoms with Gasteiger partial charge in [0, 0.05) is 18.8 Å². The van der Waals surface area contributed by atoms with E-state index in [4.69, 9.17) is 10.5 Å². The molecule has 1 heterocycles. The SMILES string of the molecule is CC1CN(C(=O)c2cc(C(F)(F)F)ccc2N)CCO1. The van der Waals surface area contributed by atoms with E-state index >= 15 is 0 Å². The number of benzene rings is 1. The van der Waals surface area contributed by atoms with E-state index in [2.05, 4.69) is 0 Å². The van der Waals surface area contributed by atoms with Crippen molar-refractivity contribution in [3.63, 3.8) is 0 Å². The summed E-state index contributed by atoms with van der Waals surface area (Å²) in [6.45, 7) is 2.86. The first-order valence-corrected chi connectivity index (χ1v) is 6.16. The molecule has 110 valence electrons. The number of anilines is 1. The lowest BCUT2D eigenvalue weighted by Gasteiger charge is -2.31. The van der Waals surface area contributed by atoms with Crippen molar-refractivity contribution in [2.75, 3.05) is 25.4 Å². The molecule has 1 aliphatic heterocycles. The van der Waals surface area contributed by atoms with Crippen LogP contribution in [0.1, 0.15) is 22.8 Å². The van der Waals surface area contributed by atoms with Gasteiger partial charge in [0.25, 0.3) is 5.91 Å². The minimum absolute atomic E-state index is 0.0437. The van der Waals surface area contributed by atoms with Crippen LogP contribution < -0.4 is 5.73 Å². The molecule has 0 radical (unpaired) electrons. The van der Waals surface area contributed by atoms with Gasteiger partial charge in [-0.05, 0) is 25.1 Å².